The molecule has 1 saturated heterocycles. The molecule has 1 aliphatic rings. The second-order valence-corrected chi connectivity index (χ2v) is 2.98. The fourth-order valence-corrected chi connectivity index (χ4v) is 1.86. The number of nitrogens with zero attached hydrogens (tertiary/aromatic N) is 1. The average Bonchev–Trinajstić information content (AvgIpc) is 1.83. The predicted molar refractivity (Wildman–Crippen MR) is 40.5 cm³/mol. The van der Waals surface area contributed by atoms with Gasteiger partial charge in [0.25, 0.3) is 0 Å². The monoisotopic (exact) mass is 127 g/mol. The Morgan fingerprint density at radius 1 is 1.44 bits per heavy atom. The average molecular weight is 127 g/mol. The first kappa shape index (κ1) is 7.07. The minimum absolute atomic E-state index is 0.861. The third-order valence-electron chi connectivity index (χ3n) is 2.48. The summed E-state index contributed by atoms with van der Waals surface area (Å²) in [5.74, 6) is 0. The van der Waals surface area contributed by atoms with Gasteiger partial charge in [-0.15, -0.1) is 0 Å². The maximum atomic E-state index is 2.57. The van der Waals surface area contributed by atoms with Crippen LogP contribution in [-0.4, -0.2) is 23.5 Å². The number of likely N-dealkylation sites (tertiary alicyclic amines) is 1. The summed E-state index contributed by atoms with van der Waals surface area (Å²) < 4.78 is 0. The third-order valence-corrected chi connectivity index (χ3v) is 2.48. The Balaban J connectivity index is 2.29. The van der Waals surface area contributed by atoms with Gasteiger partial charge in [-0.3, -0.25) is 4.90 Å². The van der Waals surface area contributed by atoms with Crippen molar-refractivity contribution in [2.24, 2.45) is 0 Å². The van der Waals surface area contributed by atoms with Gasteiger partial charge in [-0.05, 0) is 26.3 Å². The van der Waals surface area contributed by atoms with E-state index in [9.17, 15) is 0 Å². The first-order valence-electron chi connectivity index (χ1n) is 4.05. The SMILES string of the molecule is CCC1CC(C)N1CC. The Kier molecular flexibility index (Phi) is 2.12. The maximum absolute atomic E-state index is 2.57. The van der Waals surface area contributed by atoms with Gasteiger partial charge in [0.1, 0.15) is 0 Å². The van der Waals surface area contributed by atoms with Gasteiger partial charge in [-0.25, -0.2) is 0 Å². The van der Waals surface area contributed by atoms with E-state index in [2.05, 4.69) is 25.7 Å². The molecule has 0 aliphatic carbocycles. The van der Waals surface area contributed by atoms with Crippen molar-refractivity contribution in [2.75, 3.05) is 6.54 Å². The summed E-state index contributed by atoms with van der Waals surface area (Å²) in [5.41, 5.74) is 0. The zero-order valence-corrected chi connectivity index (χ0v) is 6.72. The van der Waals surface area contributed by atoms with Gasteiger partial charge in [0.2, 0.25) is 0 Å². The Morgan fingerprint density at radius 2 is 2.11 bits per heavy atom. The molecule has 1 nitrogen and oxygen atoms in total. The molecule has 0 radical (unpaired) electrons. The van der Waals surface area contributed by atoms with Crippen LogP contribution in [-0.2, 0) is 0 Å². The van der Waals surface area contributed by atoms with Crippen molar-refractivity contribution in [2.45, 2.75) is 45.7 Å². The molecule has 9 heavy (non-hydrogen) atoms. The summed E-state index contributed by atoms with van der Waals surface area (Å²) in [4.78, 5) is 2.57. The van der Waals surface area contributed by atoms with Gasteiger partial charge in [-0.2, -0.15) is 0 Å². The predicted octanol–water partition coefficient (Wildman–Crippen LogP) is 1.88. The summed E-state index contributed by atoms with van der Waals surface area (Å²) in [6.07, 6.45) is 2.75. The molecule has 0 aromatic heterocycles. The molecule has 0 saturated carbocycles. The Hall–Kier alpha value is -0.0400. The van der Waals surface area contributed by atoms with E-state index < -0.39 is 0 Å². The van der Waals surface area contributed by atoms with E-state index >= 15 is 0 Å². The van der Waals surface area contributed by atoms with Crippen LogP contribution in [0.1, 0.15) is 33.6 Å². The molecule has 2 unspecified atom stereocenters. The van der Waals surface area contributed by atoms with Gasteiger partial charge in [0.15, 0.2) is 0 Å². The first-order valence-corrected chi connectivity index (χ1v) is 4.05. The molecular weight excluding hydrogens is 110 g/mol. The minimum atomic E-state index is 0.861. The molecule has 0 aromatic rings. The molecule has 1 aliphatic heterocycles. The van der Waals surface area contributed by atoms with E-state index in [1.807, 2.05) is 0 Å². The molecular formula is C8H17N. The van der Waals surface area contributed by atoms with Gasteiger partial charge >= 0.3 is 0 Å². The van der Waals surface area contributed by atoms with Gasteiger partial charge in [-0.1, -0.05) is 13.8 Å². The van der Waals surface area contributed by atoms with Crippen molar-refractivity contribution < 1.29 is 0 Å². The molecule has 54 valence electrons. The van der Waals surface area contributed by atoms with E-state index in [0.29, 0.717) is 0 Å². The van der Waals surface area contributed by atoms with Crippen molar-refractivity contribution in [1.29, 1.82) is 0 Å². The van der Waals surface area contributed by atoms with Gasteiger partial charge < -0.3 is 0 Å². The van der Waals surface area contributed by atoms with E-state index in [0.717, 1.165) is 12.1 Å². The molecule has 2 atom stereocenters. The smallest absolute Gasteiger partial charge is 0.0110 e. The van der Waals surface area contributed by atoms with Crippen LogP contribution in [0.25, 0.3) is 0 Å². The zero-order chi connectivity index (χ0) is 6.85. The second-order valence-electron chi connectivity index (χ2n) is 2.98. The van der Waals surface area contributed by atoms with Crippen LogP contribution in [0.4, 0.5) is 0 Å². The lowest BCUT2D eigenvalue weighted by Gasteiger charge is -2.46. The van der Waals surface area contributed by atoms with Crippen LogP contribution >= 0.6 is 0 Å². The summed E-state index contributed by atoms with van der Waals surface area (Å²) in [7, 11) is 0. The van der Waals surface area contributed by atoms with Crippen molar-refractivity contribution in [3.05, 3.63) is 0 Å². The van der Waals surface area contributed by atoms with E-state index in [1.165, 1.54) is 19.4 Å². The van der Waals surface area contributed by atoms with Crippen molar-refractivity contribution in [3.8, 4) is 0 Å². The molecule has 1 heteroatoms. The topological polar surface area (TPSA) is 3.24 Å². The van der Waals surface area contributed by atoms with Crippen molar-refractivity contribution in [3.63, 3.8) is 0 Å². The van der Waals surface area contributed by atoms with Crippen molar-refractivity contribution >= 4 is 0 Å². The maximum Gasteiger partial charge on any atom is 0.0110 e. The van der Waals surface area contributed by atoms with Crippen LogP contribution in [0, 0.1) is 0 Å². The lowest BCUT2D eigenvalue weighted by Crippen LogP contribution is -2.53. The summed E-state index contributed by atoms with van der Waals surface area (Å²) in [6.45, 7) is 8.08. The largest absolute Gasteiger partial charge is 0.298 e. The highest BCUT2D eigenvalue weighted by atomic mass is 15.2. The highest BCUT2D eigenvalue weighted by Crippen LogP contribution is 2.26. The normalized spacial score (nSPS) is 36.3. The zero-order valence-electron chi connectivity index (χ0n) is 6.72. The highest BCUT2D eigenvalue weighted by molar-refractivity contribution is 4.87. The van der Waals surface area contributed by atoms with E-state index in [1.54, 1.807) is 0 Å². The fraction of sp³-hybridized carbons (Fsp3) is 1.00. The standard InChI is InChI=1S/C8H17N/c1-4-8-6-7(3)9(8)5-2/h7-8H,4-6H2,1-3H3. The summed E-state index contributed by atoms with van der Waals surface area (Å²) in [5, 5.41) is 0. The molecule has 1 rings (SSSR count). The molecule has 0 aromatic carbocycles. The molecule has 0 bridgehead atoms. The quantitative estimate of drug-likeness (QED) is 0.547. The van der Waals surface area contributed by atoms with Crippen LogP contribution < -0.4 is 0 Å². The molecule has 1 heterocycles. The Morgan fingerprint density at radius 3 is 2.33 bits per heavy atom. The molecule has 0 amide bonds. The van der Waals surface area contributed by atoms with E-state index in [-0.39, 0.29) is 0 Å². The fourth-order valence-electron chi connectivity index (χ4n) is 1.86. The lowest BCUT2D eigenvalue weighted by molar-refractivity contribution is 0.0300. The van der Waals surface area contributed by atoms with E-state index in [4.69, 9.17) is 0 Å². The summed E-state index contributed by atoms with van der Waals surface area (Å²) in [6, 6.07) is 1.77. The van der Waals surface area contributed by atoms with Gasteiger partial charge in [0.05, 0.1) is 0 Å². The number of rotatable bonds is 2. The van der Waals surface area contributed by atoms with Gasteiger partial charge in [0, 0.05) is 12.1 Å². The number of hydrogen-bond donors (Lipinski definition) is 0. The van der Waals surface area contributed by atoms with Crippen LogP contribution in [0.2, 0.25) is 0 Å². The van der Waals surface area contributed by atoms with Crippen LogP contribution in [0.15, 0.2) is 0 Å². The van der Waals surface area contributed by atoms with Crippen LogP contribution in [0.3, 0.4) is 0 Å². The first-order chi connectivity index (χ1) is 4.29. The lowest BCUT2D eigenvalue weighted by atomic mass is 9.92. The van der Waals surface area contributed by atoms with Crippen molar-refractivity contribution in [1.82, 2.24) is 4.90 Å². The molecule has 0 N–H and O–H groups in total. The highest BCUT2D eigenvalue weighted by Gasteiger charge is 2.31. The second kappa shape index (κ2) is 2.70. The third kappa shape index (κ3) is 1.11. The molecule has 1 fully saturated rings. The Bertz CT molecular complexity index is 90.6. The summed E-state index contributed by atoms with van der Waals surface area (Å²) >= 11 is 0. The Labute approximate surface area is 58.0 Å². The number of hydrogen-bond acceptors (Lipinski definition) is 1. The van der Waals surface area contributed by atoms with Crippen LogP contribution in [0.5, 0.6) is 0 Å². The minimum Gasteiger partial charge on any atom is -0.298 e. The molecule has 0 spiro atoms.